The van der Waals surface area contributed by atoms with Gasteiger partial charge in [-0.25, -0.2) is 4.68 Å². The van der Waals surface area contributed by atoms with E-state index in [0.29, 0.717) is 30.9 Å². The van der Waals surface area contributed by atoms with Gasteiger partial charge in [0.05, 0.1) is 11.0 Å². The zero-order valence-electron chi connectivity index (χ0n) is 10.3. The van der Waals surface area contributed by atoms with E-state index in [9.17, 15) is 15.2 Å². The van der Waals surface area contributed by atoms with Crippen molar-refractivity contribution in [1.29, 1.82) is 0 Å². The Kier molecular flexibility index (Phi) is 4.45. The van der Waals surface area contributed by atoms with Crippen molar-refractivity contribution in [1.82, 2.24) is 9.78 Å². The molecule has 0 saturated heterocycles. The van der Waals surface area contributed by atoms with Gasteiger partial charge in [-0.1, -0.05) is 6.92 Å². The minimum absolute atomic E-state index is 0.00140. The molecule has 0 aliphatic rings. The van der Waals surface area contributed by atoms with Gasteiger partial charge in [0, 0.05) is 13.6 Å². The van der Waals surface area contributed by atoms with Gasteiger partial charge in [0.25, 0.3) is 0 Å². The molecule has 7 heteroatoms. The van der Waals surface area contributed by atoms with Crippen molar-refractivity contribution in [2.45, 2.75) is 32.8 Å². The van der Waals surface area contributed by atoms with Crippen LogP contribution in [0.4, 0.5) is 11.5 Å². The third kappa shape index (κ3) is 3.16. The van der Waals surface area contributed by atoms with Gasteiger partial charge in [0.1, 0.15) is 5.69 Å². The number of aliphatic hydroxyl groups is 1. The van der Waals surface area contributed by atoms with Crippen molar-refractivity contribution in [2.75, 3.05) is 11.9 Å². The number of hydrogen-bond acceptors (Lipinski definition) is 5. The molecule has 0 spiro atoms. The van der Waals surface area contributed by atoms with Crippen LogP contribution in [0.15, 0.2) is 0 Å². The fourth-order valence-electron chi connectivity index (χ4n) is 1.62. The van der Waals surface area contributed by atoms with Gasteiger partial charge in [0.2, 0.25) is 5.82 Å². The monoisotopic (exact) mass is 242 g/mol. The largest absolute Gasteiger partial charge is 0.393 e. The van der Waals surface area contributed by atoms with Crippen molar-refractivity contribution < 1.29 is 10.0 Å². The molecular formula is C10H18N4O3. The lowest BCUT2D eigenvalue weighted by Gasteiger charge is -2.09. The van der Waals surface area contributed by atoms with E-state index in [4.69, 9.17) is 0 Å². The first kappa shape index (κ1) is 13.4. The predicted octanol–water partition coefficient (Wildman–Crippen LogP) is 1.21. The average Bonchev–Trinajstić information content (AvgIpc) is 2.53. The third-order valence-electron chi connectivity index (χ3n) is 2.61. The Morgan fingerprint density at radius 3 is 2.82 bits per heavy atom. The Morgan fingerprint density at radius 1 is 1.65 bits per heavy atom. The van der Waals surface area contributed by atoms with Crippen molar-refractivity contribution in [3.63, 3.8) is 0 Å². The van der Waals surface area contributed by atoms with E-state index in [-0.39, 0.29) is 11.8 Å². The topological polar surface area (TPSA) is 93.2 Å². The summed E-state index contributed by atoms with van der Waals surface area (Å²) < 4.78 is 1.45. The minimum Gasteiger partial charge on any atom is -0.393 e. The van der Waals surface area contributed by atoms with E-state index < -0.39 is 4.92 Å². The molecule has 7 nitrogen and oxygen atoms in total. The molecule has 1 unspecified atom stereocenters. The molecule has 1 heterocycles. The van der Waals surface area contributed by atoms with Crippen LogP contribution in [0.5, 0.6) is 0 Å². The second-order valence-corrected chi connectivity index (χ2v) is 3.94. The maximum Gasteiger partial charge on any atom is 0.333 e. The van der Waals surface area contributed by atoms with Gasteiger partial charge in [-0.05, 0) is 19.8 Å². The molecule has 1 aromatic heterocycles. The molecule has 96 valence electrons. The van der Waals surface area contributed by atoms with E-state index in [2.05, 4.69) is 10.4 Å². The Balaban J connectivity index is 2.73. The SMILES string of the molecule is CCC(O)CCNc1c([N+](=O)[O-])c(C)nn1C. The van der Waals surface area contributed by atoms with Crippen LogP contribution in [0, 0.1) is 17.0 Å². The highest BCUT2D eigenvalue weighted by Crippen LogP contribution is 2.27. The summed E-state index contributed by atoms with van der Waals surface area (Å²) in [6.45, 7) is 3.97. The van der Waals surface area contributed by atoms with Gasteiger partial charge in [0.15, 0.2) is 0 Å². The molecule has 0 aliphatic heterocycles. The van der Waals surface area contributed by atoms with E-state index in [1.807, 2.05) is 6.92 Å². The molecule has 0 aliphatic carbocycles. The lowest BCUT2D eigenvalue weighted by Crippen LogP contribution is -2.14. The first-order valence-corrected chi connectivity index (χ1v) is 5.57. The highest BCUT2D eigenvalue weighted by Gasteiger charge is 2.23. The molecule has 1 atom stereocenters. The summed E-state index contributed by atoms with van der Waals surface area (Å²) >= 11 is 0. The number of hydrogen-bond donors (Lipinski definition) is 2. The van der Waals surface area contributed by atoms with Crippen LogP contribution >= 0.6 is 0 Å². The van der Waals surface area contributed by atoms with Crippen LogP contribution in [0.1, 0.15) is 25.5 Å². The molecule has 0 saturated carbocycles. The standard InChI is InChI=1S/C10H18N4O3/c1-4-8(15)5-6-11-10-9(14(16)17)7(2)12-13(10)3/h8,11,15H,4-6H2,1-3H3. The highest BCUT2D eigenvalue weighted by atomic mass is 16.6. The van der Waals surface area contributed by atoms with Crippen molar-refractivity contribution in [3.8, 4) is 0 Å². The first-order chi connectivity index (χ1) is 7.97. The van der Waals surface area contributed by atoms with Gasteiger partial charge in [-0.2, -0.15) is 5.10 Å². The number of nitro groups is 1. The smallest absolute Gasteiger partial charge is 0.333 e. The van der Waals surface area contributed by atoms with E-state index in [1.165, 1.54) is 4.68 Å². The number of aryl methyl sites for hydroxylation is 2. The molecule has 1 aromatic rings. The minimum atomic E-state index is -0.444. The maximum atomic E-state index is 10.9. The molecule has 0 fully saturated rings. The second-order valence-electron chi connectivity index (χ2n) is 3.94. The Morgan fingerprint density at radius 2 is 2.29 bits per heavy atom. The molecule has 0 aromatic carbocycles. The number of rotatable bonds is 6. The molecule has 0 radical (unpaired) electrons. The van der Waals surface area contributed by atoms with Gasteiger partial charge in [-0.15, -0.1) is 0 Å². The van der Waals surface area contributed by atoms with Crippen molar-refractivity contribution in [2.24, 2.45) is 7.05 Å². The number of nitrogens with one attached hydrogen (secondary N) is 1. The number of anilines is 1. The van der Waals surface area contributed by atoms with Crippen LogP contribution in [-0.2, 0) is 7.05 Å². The summed E-state index contributed by atoms with van der Waals surface area (Å²) in [6, 6.07) is 0. The van der Waals surface area contributed by atoms with Crippen molar-refractivity contribution in [3.05, 3.63) is 15.8 Å². The number of nitrogens with zero attached hydrogens (tertiary/aromatic N) is 3. The summed E-state index contributed by atoms with van der Waals surface area (Å²) in [7, 11) is 1.65. The second kappa shape index (κ2) is 5.62. The Labute approximate surface area is 99.6 Å². The lowest BCUT2D eigenvalue weighted by atomic mass is 10.2. The Bertz CT molecular complexity index is 403. The average molecular weight is 242 g/mol. The van der Waals surface area contributed by atoms with Gasteiger partial charge in [-0.3, -0.25) is 10.1 Å². The number of aromatic nitrogens is 2. The van der Waals surface area contributed by atoms with Crippen molar-refractivity contribution >= 4 is 11.5 Å². The molecule has 0 amide bonds. The van der Waals surface area contributed by atoms with Crippen LogP contribution in [0.25, 0.3) is 0 Å². The lowest BCUT2D eigenvalue weighted by molar-refractivity contribution is -0.384. The zero-order chi connectivity index (χ0) is 13.0. The summed E-state index contributed by atoms with van der Waals surface area (Å²) in [4.78, 5) is 10.4. The predicted molar refractivity (Wildman–Crippen MR) is 64.0 cm³/mol. The summed E-state index contributed by atoms with van der Waals surface area (Å²) in [6.07, 6.45) is 0.849. The van der Waals surface area contributed by atoms with E-state index in [1.54, 1.807) is 14.0 Å². The molecule has 0 bridgehead atoms. The molecule has 1 rings (SSSR count). The van der Waals surface area contributed by atoms with Gasteiger partial charge < -0.3 is 10.4 Å². The fourth-order valence-corrected chi connectivity index (χ4v) is 1.62. The third-order valence-corrected chi connectivity index (χ3v) is 2.61. The number of aliphatic hydroxyl groups excluding tert-OH is 1. The quantitative estimate of drug-likeness (QED) is 0.577. The van der Waals surface area contributed by atoms with E-state index in [0.717, 1.165) is 0 Å². The highest BCUT2D eigenvalue weighted by molar-refractivity contribution is 5.59. The molecule has 2 N–H and O–H groups in total. The van der Waals surface area contributed by atoms with Gasteiger partial charge >= 0.3 is 5.69 Å². The summed E-state index contributed by atoms with van der Waals surface area (Å²) in [5, 5.41) is 27.2. The summed E-state index contributed by atoms with van der Waals surface area (Å²) in [5.74, 6) is 0.385. The zero-order valence-corrected chi connectivity index (χ0v) is 10.3. The first-order valence-electron chi connectivity index (χ1n) is 5.57. The fraction of sp³-hybridized carbons (Fsp3) is 0.700. The maximum absolute atomic E-state index is 10.9. The van der Waals surface area contributed by atoms with Crippen LogP contribution in [-0.4, -0.2) is 32.5 Å². The van der Waals surface area contributed by atoms with Crippen LogP contribution in [0.3, 0.4) is 0 Å². The normalized spacial score (nSPS) is 12.5. The summed E-state index contributed by atoms with van der Waals surface area (Å²) in [5.41, 5.74) is 0.384. The molecule has 17 heavy (non-hydrogen) atoms. The Hall–Kier alpha value is -1.63. The molecular weight excluding hydrogens is 224 g/mol. The van der Waals surface area contributed by atoms with E-state index >= 15 is 0 Å². The van der Waals surface area contributed by atoms with Crippen LogP contribution < -0.4 is 5.32 Å². The van der Waals surface area contributed by atoms with Crippen LogP contribution in [0.2, 0.25) is 0 Å².